The molecule has 4 rings (SSSR count). The van der Waals surface area contributed by atoms with Crippen LogP contribution in [-0.4, -0.2) is 31.4 Å². The molecule has 30 heavy (non-hydrogen) atoms. The van der Waals surface area contributed by atoms with Crippen LogP contribution in [0.4, 0.5) is 0 Å². The van der Waals surface area contributed by atoms with Gasteiger partial charge in [0, 0.05) is 35.9 Å². The Balaban J connectivity index is 1.87. The molecule has 2 aromatic carbocycles. The molecule has 10 heteroatoms. The minimum atomic E-state index is -3.31. The molecular weight excluding hydrogens is 404 g/mol. The normalized spacial score (nSPS) is 14.9. The molecule has 1 aliphatic rings. The standard InChI is InChI=1S/C20H18N6O3S/c1-12-16(19(27)22-20(2)23-25-26-24-20)11-14-5-4-10-21-18(14)17(12)13-6-8-15(9-7-13)30(3,28)29/h4-11H,1-3H3,(H,22,27). The fraction of sp³-hybridized carbons (Fsp3) is 0.200. The molecule has 1 amide bonds. The predicted molar refractivity (Wildman–Crippen MR) is 111 cm³/mol. The first-order valence-corrected chi connectivity index (χ1v) is 10.9. The van der Waals surface area contributed by atoms with Gasteiger partial charge in [0.1, 0.15) is 0 Å². The van der Waals surface area contributed by atoms with Gasteiger partial charge in [-0.05, 0) is 52.8 Å². The van der Waals surface area contributed by atoms with Gasteiger partial charge in [0.2, 0.25) is 0 Å². The summed E-state index contributed by atoms with van der Waals surface area (Å²) in [5.74, 6) is -1.63. The largest absolute Gasteiger partial charge is 0.307 e. The van der Waals surface area contributed by atoms with Crippen molar-refractivity contribution < 1.29 is 13.2 Å². The van der Waals surface area contributed by atoms with Crippen molar-refractivity contribution in [1.82, 2.24) is 10.3 Å². The smallest absolute Gasteiger partial charge is 0.266 e. The van der Waals surface area contributed by atoms with Gasteiger partial charge in [-0.1, -0.05) is 18.2 Å². The summed E-state index contributed by atoms with van der Waals surface area (Å²) in [6.45, 7) is 3.41. The first kappa shape index (κ1) is 19.8. The topological polar surface area (TPSA) is 126 Å². The number of fused-ring (bicyclic) bond motifs is 1. The lowest BCUT2D eigenvalue weighted by atomic mass is 9.92. The van der Waals surface area contributed by atoms with E-state index in [-0.39, 0.29) is 10.8 Å². The Morgan fingerprint density at radius 2 is 1.73 bits per heavy atom. The molecule has 0 atom stereocenters. The van der Waals surface area contributed by atoms with Crippen molar-refractivity contribution in [2.24, 2.45) is 20.7 Å². The molecule has 1 N–H and O–H groups in total. The van der Waals surface area contributed by atoms with E-state index in [1.54, 1.807) is 49.5 Å². The van der Waals surface area contributed by atoms with E-state index in [0.29, 0.717) is 16.6 Å². The third kappa shape index (κ3) is 3.57. The van der Waals surface area contributed by atoms with Crippen molar-refractivity contribution in [2.75, 3.05) is 6.26 Å². The third-order valence-corrected chi connectivity index (χ3v) is 5.97. The Labute approximate surface area is 172 Å². The number of rotatable bonds is 4. The highest BCUT2D eigenvalue weighted by atomic mass is 32.2. The summed E-state index contributed by atoms with van der Waals surface area (Å²) in [5.41, 5.74) is 3.34. The summed E-state index contributed by atoms with van der Waals surface area (Å²) in [7, 11) is -3.31. The van der Waals surface area contributed by atoms with Gasteiger partial charge >= 0.3 is 0 Å². The average Bonchev–Trinajstić information content (AvgIpc) is 3.13. The van der Waals surface area contributed by atoms with Crippen LogP contribution >= 0.6 is 0 Å². The van der Waals surface area contributed by atoms with Crippen molar-refractivity contribution in [1.29, 1.82) is 0 Å². The molecule has 1 aromatic heterocycles. The van der Waals surface area contributed by atoms with E-state index in [0.717, 1.165) is 22.8 Å². The molecule has 0 spiro atoms. The van der Waals surface area contributed by atoms with Crippen LogP contribution < -0.4 is 5.32 Å². The molecule has 3 aromatic rings. The maximum absolute atomic E-state index is 13.0. The first-order valence-electron chi connectivity index (χ1n) is 9.03. The lowest BCUT2D eigenvalue weighted by molar-refractivity contribution is 0.0911. The molecule has 0 radical (unpaired) electrons. The third-order valence-electron chi connectivity index (χ3n) is 4.84. The number of sulfone groups is 1. The quantitative estimate of drug-likeness (QED) is 0.685. The molecule has 0 fully saturated rings. The number of hydrogen-bond donors (Lipinski definition) is 1. The molecule has 152 valence electrons. The molecule has 0 aliphatic carbocycles. The van der Waals surface area contributed by atoms with Crippen LogP contribution in [0.2, 0.25) is 0 Å². The van der Waals surface area contributed by atoms with E-state index >= 15 is 0 Å². The second-order valence-corrected chi connectivity index (χ2v) is 9.17. The predicted octanol–water partition coefficient (Wildman–Crippen LogP) is 3.85. The number of carbonyl (C=O) groups is 1. The van der Waals surface area contributed by atoms with Crippen LogP contribution in [0.3, 0.4) is 0 Å². The second-order valence-electron chi connectivity index (χ2n) is 7.15. The highest BCUT2D eigenvalue weighted by Crippen LogP contribution is 2.34. The van der Waals surface area contributed by atoms with Gasteiger partial charge in [-0.3, -0.25) is 9.78 Å². The monoisotopic (exact) mass is 422 g/mol. The zero-order valence-electron chi connectivity index (χ0n) is 16.5. The number of nitrogens with one attached hydrogen (secondary N) is 1. The van der Waals surface area contributed by atoms with E-state index in [9.17, 15) is 13.2 Å². The van der Waals surface area contributed by atoms with Crippen LogP contribution in [0.1, 0.15) is 22.8 Å². The Morgan fingerprint density at radius 1 is 1.07 bits per heavy atom. The zero-order chi connectivity index (χ0) is 21.5. The van der Waals surface area contributed by atoms with Gasteiger partial charge in [-0.2, -0.15) is 0 Å². The maximum atomic E-state index is 13.0. The summed E-state index contributed by atoms with van der Waals surface area (Å²) in [5, 5.41) is 18.1. The number of carbonyl (C=O) groups excluding carboxylic acids is 1. The molecule has 1 aliphatic heterocycles. The van der Waals surface area contributed by atoms with E-state index in [1.165, 1.54) is 0 Å². The van der Waals surface area contributed by atoms with E-state index in [2.05, 4.69) is 31.0 Å². The SMILES string of the molecule is Cc1c(C(=O)NC2(C)N=NN=N2)cc2cccnc2c1-c1ccc(S(C)(=O)=O)cc1. The fourth-order valence-electron chi connectivity index (χ4n) is 3.34. The molecule has 0 saturated heterocycles. The Morgan fingerprint density at radius 3 is 2.37 bits per heavy atom. The lowest BCUT2D eigenvalue weighted by Gasteiger charge is -2.19. The number of amides is 1. The van der Waals surface area contributed by atoms with Crippen molar-refractivity contribution in [3.05, 3.63) is 59.8 Å². The van der Waals surface area contributed by atoms with Gasteiger partial charge in [0.05, 0.1) is 10.4 Å². The number of pyridine rings is 1. The minimum Gasteiger partial charge on any atom is -0.307 e. The molecule has 2 heterocycles. The summed E-state index contributed by atoms with van der Waals surface area (Å²) < 4.78 is 23.6. The Hall–Kier alpha value is -3.53. The van der Waals surface area contributed by atoms with Gasteiger partial charge < -0.3 is 5.32 Å². The maximum Gasteiger partial charge on any atom is 0.266 e. The average molecular weight is 422 g/mol. The van der Waals surface area contributed by atoms with Crippen molar-refractivity contribution in [3.8, 4) is 11.1 Å². The summed E-state index contributed by atoms with van der Waals surface area (Å²) >= 11 is 0. The van der Waals surface area contributed by atoms with Crippen LogP contribution in [0.15, 0.2) is 74.2 Å². The van der Waals surface area contributed by atoms with Crippen LogP contribution in [0, 0.1) is 6.92 Å². The van der Waals surface area contributed by atoms with Gasteiger partial charge in [-0.25, -0.2) is 8.42 Å². The van der Waals surface area contributed by atoms with Gasteiger partial charge in [0.25, 0.3) is 11.7 Å². The summed E-state index contributed by atoms with van der Waals surface area (Å²) in [6, 6.07) is 11.9. The van der Waals surface area contributed by atoms with E-state index < -0.39 is 15.6 Å². The Bertz CT molecular complexity index is 1320. The number of nitrogens with zero attached hydrogens (tertiary/aromatic N) is 5. The van der Waals surface area contributed by atoms with Crippen molar-refractivity contribution in [2.45, 2.75) is 24.5 Å². The molecule has 0 saturated carbocycles. The van der Waals surface area contributed by atoms with E-state index in [4.69, 9.17) is 0 Å². The van der Waals surface area contributed by atoms with Crippen LogP contribution in [-0.2, 0) is 9.84 Å². The lowest BCUT2D eigenvalue weighted by Crippen LogP contribution is -2.41. The molecule has 9 nitrogen and oxygen atoms in total. The zero-order valence-corrected chi connectivity index (χ0v) is 17.3. The highest BCUT2D eigenvalue weighted by Gasteiger charge is 2.30. The van der Waals surface area contributed by atoms with Crippen molar-refractivity contribution in [3.63, 3.8) is 0 Å². The number of aromatic nitrogens is 1. The molecule has 0 bridgehead atoms. The van der Waals surface area contributed by atoms with Gasteiger partial charge in [0.15, 0.2) is 9.84 Å². The van der Waals surface area contributed by atoms with Crippen LogP contribution in [0.25, 0.3) is 22.0 Å². The summed E-state index contributed by atoms with van der Waals surface area (Å²) in [4.78, 5) is 17.7. The number of hydrogen-bond acceptors (Lipinski definition) is 8. The number of benzene rings is 2. The van der Waals surface area contributed by atoms with E-state index in [1.807, 2.05) is 13.0 Å². The molecule has 0 unspecified atom stereocenters. The fourth-order valence-corrected chi connectivity index (χ4v) is 3.97. The van der Waals surface area contributed by atoms with Crippen molar-refractivity contribution >= 4 is 26.6 Å². The van der Waals surface area contributed by atoms with Gasteiger partial charge in [-0.15, -0.1) is 10.2 Å². The summed E-state index contributed by atoms with van der Waals surface area (Å²) in [6.07, 6.45) is 2.84. The highest BCUT2D eigenvalue weighted by molar-refractivity contribution is 7.90. The first-order chi connectivity index (χ1) is 14.2. The Kier molecular flexibility index (Phi) is 4.65. The van der Waals surface area contributed by atoms with Crippen LogP contribution in [0.5, 0.6) is 0 Å². The molecular formula is C20H18N6O3S. The minimum absolute atomic E-state index is 0.222. The second kappa shape index (κ2) is 7.06.